The van der Waals surface area contributed by atoms with E-state index in [0.717, 1.165) is 24.4 Å². The van der Waals surface area contributed by atoms with E-state index in [9.17, 15) is 10.1 Å². The Labute approximate surface area is 111 Å². The van der Waals surface area contributed by atoms with Gasteiger partial charge in [-0.3, -0.25) is 10.1 Å². The van der Waals surface area contributed by atoms with Gasteiger partial charge in [0.15, 0.2) is 0 Å². The van der Waals surface area contributed by atoms with Crippen molar-refractivity contribution in [2.24, 2.45) is 5.92 Å². The van der Waals surface area contributed by atoms with Gasteiger partial charge in [-0.2, -0.15) is 0 Å². The molecular weight excluding hydrogens is 252 g/mol. The lowest BCUT2D eigenvalue weighted by Crippen LogP contribution is -2.19. The standard InChI is InChI=1S/C13H17ClN2O2/c1-2-10(7-9-3-4-9)15-13-6-5-11(16(17)18)8-12(13)14/h5-6,8-10,15H,2-4,7H2,1H3. The number of hydrogen-bond donors (Lipinski definition) is 1. The van der Waals surface area contributed by atoms with Crippen LogP contribution in [0.3, 0.4) is 0 Å². The molecule has 1 aliphatic rings. The summed E-state index contributed by atoms with van der Waals surface area (Å²) < 4.78 is 0. The molecule has 1 unspecified atom stereocenters. The predicted octanol–water partition coefficient (Wildman–Crippen LogP) is 4.24. The highest BCUT2D eigenvalue weighted by molar-refractivity contribution is 6.33. The topological polar surface area (TPSA) is 55.2 Å². The molecule has 0 saturated heterocycles. The van der Waals surface area contributed by atoms with Gasteiger partial charge in [0.25, 0.3) is 5.69 Å². The van der Waals surface area contributed by atoms with E-state index in [4.69, 9.17) is 11.6 Å². The number of non-ortho nitro benzene ring substituents is 1. The zero-order valence-electron chi connectivity index (χ0n) is 10.4. The summed E-state index contributed by atoms with van der Waals surface area (Å²) in [6.45, 7) is 2.14. The van der Waals surface area contributed by atoms with Crippen molar-refractivity contribution >= 4 is 23.0 Å². The van der Waals surface area contributed by atoms with E-state index < -0.39 is 4.92 Å². The van der Waals surface area contributed by atoms with E-state index in [-0.39, 0.29) is 5.69 Å². The molecule has 4 nitrogen and oxygen atoms in total. The first-order chi connectivity index (χ1) is 8.60. The number of nitrogens with one attached hydrogen (secondary N) is 1. The number of anilines is 1. The normalized spacial score (nSPS) is 16.3. The summed E-state index contributed by atoms with van der Waals surface area (Å²) in [6.07, 6.45) is 4.84. The lowest BCUT2D eigenvalue weighted by Gasteiger charge is -2.18. The molecule has 1 fully saturated rings. The molecule has 0 aromatic heterocycles. The summed E-state index contributed by atoms with van der Waals surface area (Å²) in [6, 6.07) is 4.97. The summed E-state index contributed by atoms with van der Waals surface area (Å²) in [7, 11) is 0. The SMILES string of the molecule is CCC(CC1CC1)Nc1ccc([N+](=O)[O-])cc1Cl. The molecule has 1 aromatic rings. The third-order valence-electron chi connectivity index (χ3n) is 3.33. The van der Waals surface area contributed by atoms with E-state index in [2.05, 4.69) is 12.2 Å². The maximum Gasteiger partial charge on any atom is 0.271 e. The van der Waals surface area contributed by atoms with Crippen molar-refractivity contribution in [2.45, 2.75) is 38.6 Å². The summed E-state index contributed by atoms with van der Waals surface area (Å²) in [5.41, 5.74) is 0.815. The van der Waals surface area contributed by atoms with E-state index >= 15 is 0 Å². The molecule has 0 heterocycles. The molecule has 0 spiro atoms. The number of halogens is 1. The quantitative estimate of drug-likeness (QED) is 0.620. The number of nitro benzene ring substituents is 1. The summed E-state index contributed by atoms with van der Waals surface area (Å²) in [5, 5.41) is 14.4. The van der Waals surface area contributed by atoms with E-state index in [1.807, 2.05) is 0 Å². The Balaban J connectivity index is 2.05. The average molecular weight is 269 g/mol. The van der Waals surface area contributed by atoms with Crippen molar-refractivity contribution < 1.29 is 4.92 Å². The first-order valence-corrected chi connectivity index (χ1v) is 6.68. The second-order valence-corrected chi connectivity index (χ2v) is 5.26. The van der Waals surface area contributed by atoms with E-state index in [1.54, 1.807) is 6.07 Å². The van der Waals surface area contributed by atoms with Crippen LogP contribution in [0, 0.1) is 16.0 Å². The Bertz CT molecular complexity index is 447. The average Bonchev–Trinajstić information content (AvgIpc) is 3.14. The van der Waals surface area contributed by atoms with Crippen LogP contribution in [0.15, 0.2) is 18.2 Å². The number of rotatable bonds is 6. The number of benzene rings is 1. The molecule has 0 amide bonds. The number of nitro groups is 1. The highest BCUT2D eigenvalue weighted by atomic mass is 35.5. The maximum atomic E-state index is 10.6. The maximum absolute atomic E-state index is 10.6. The van der Waals surface area contributed by atoms with Crippen molar-refractivity contribution in [2.75, 3.05) is 5.32 Å². The molecule has 18 heavy (non-hydrogen) atoms. The molecule has 1 aliphatic carbocycles. The van der Waals surface area contributed by atoms with Crippen molar-refractivity contribution in [1.82, 2.24) is 0 Å². The van der Waals surface area contributed by atoms with E-state index in [1.165, 1.54) is 25.0 Å². The van der Waals surface area contributed by atoms with Crippen molar-refractivity contribution in [1.29, 1.82) is 0 Å². The monoisotopic (exact) mass is 268 g/mol. The lowest BCUT2D eigenvalue weighted by atomic mass is 10.1. The third-order valence-corrected chi connectivity index (χ3v) is 3.64. The number of hydrogen-bond acceptors (Lipinski definition) is 3. The summed E-state index contributed by atoms with van der Waals surface area (Å²) in [4.78, 5) is 10.2. The first-order valence-electron chi connectivity index (χ1n) is 6.30. The van der Waals surface area contributed by atoms with Crippen LogP contribution in [-0.2, 0) is 0 Å². The molecule has 0 bridgehead atoms. The minimum atomic E-state index is -0.433. The van der Waals surface area contributed by atoms with Crippen LogP contribution in [0.1, 0.15) is 32.6 Å². The molecule has 1 aromatic carbocycles. The van der Waals surface area contributed by atoms with Crippen molar-refractivity contribution in [3.05, 3.63) is 33.3 Å². The molecule has 0 aliphatic heterocycles. The van der Waals surface area contributed by atoms with Gasteiger partial charge < -0.3 is 5.32 Å². The Morgan fingerprint density at radius 2 is 2.28 bits per heavy atom. The zero-order chi connectivity index (χ0) is 13.1. The van der Waals surface area contributed by atoms with Gasteiger partial charge in [0.05, 0.1) is 15.6 Å². The van der Waals surface area contributed by atoms with Gasteiger partial charge in [-0.15, -0.1) is 0 Å². The summed E-state index contributed by atoms with van der Waals surface area (Å²) >= 11 is 6.06. The second-order valence-electron chi connectivity index (χ2n) is 4.85. The van der Waals surface area contributed by atoms with Gasteiger partial charge in [-0.1, -0.05) is 31.4 Å². The molecule has 2 rings (SSSR count). The van der Waals surface area contributed by atoms with Crippen LogP contribution in [0.4, 0.5) is 11.4 Å². The van der Waals surface area contributed by atoms with Crippen molar-refractivity contribution in [3.63, 3.8) is 0 Å². The van der Waals surface area contributed by atoms with Crippen LogP contribution in [0.5, 0.6) is 0 Å². The lowest BCUT2D eigenvalue weighted by molar-refractivity contribution is -0.384. The smallest absolute Gasteiger partial charge is 0.271 e. The fourth-order valence-electron chi connectivity index (χ4n) is 2.04. The summed E-state index contributed by atoms with van der Waals surface area (Å²) in [5.74, 6) is 0.847. The molecule has 0 radical (unpaired) electrons. The second kappa shape index (κ2) is 5.57. The molecule has 1 atom stereocenters. The highest BCUT2D eigenvalue weighted by Crippen LogP contribution is 2.35. The van der Waals surface area contributed by atoms with Crippen LogP contribution < -0.4 is 5.32 Å². The molecule has 5 heteroatoms. The van der Waals surface area contributed by atoms with E-state index in [0.29, 0.717) is 11.1 Å². The van der Waals surface area contributed by atoms with Crippen LogP contribution in [0.2, 0.25) is 5.02 Å². The van der Waals surface area contributed by atoms with Crippen LogP contribution in [-0.4, -0.2) is 11.0 Å². The van der Waals surface area contributed by atoms with Gasteiger partial charge in [0.1, 0.15) is 0 Å². The highest BCUT2D eigenvalue weighted by Gasteiger charge is 2.25. The minimum Gasteiger partial charge on any atom is -0.381 e. The molecule has 1 N–H and O–H groups in total. The zero-order valence-corrected chi connectivity index (χ0v) is 11.1. The van der Waals surface area contributed by atoms with Gasteiger partial charge >= 0.3 is 0 Å². The van der Waals surface area contributed by atoms with Crippen molar-refractivity contribution in [3.8, 4) is 0 Å². The van der Waals surface area contributed by atoms with Gasteiger partial charge in [0.2, 0.25) is 0 Å². The fraction of sp³-hybridized carbons (Fsp3) is 0.538. The molecule has 1 saturated carbocycles. The molecule has 98 valence electrons. The fourth-order valence-corrected chi connectivity index (χ4v) is 2.27. The van der Waals surface area contributed by atoms with Gasteiger partial charge in [-0.05, 0) is 24.8 Å². The third kappa shape index (κ3) is 3.35. The van der Waals surface area contributed by atoms with Crippen LogP contribution in [0.25, 0.3) is 0 Å². The Hall–Kier alpha value is -1.29. The molecular formula is C13H17ClN2O2. The number of nitrogens with zero attached hydrogens (tertiary/aromatic N) is 1. The Kier molecular flexibility index (Phi) is 4.07. The van der Waals surface area contributed by atoms with Gasteiger partial charge in [0, 0.05) is 18.2 Å². The van der Waals surface area contributed by atoms with Crippen LogP contribution >= 0.6 is 11.6 Å². The largest absolute Gasteiger partial charge is 0.381 e. The predicted molar refractivity (Wildman–Crippen MR) is 73.1 cm³/mol. The Morgan fingerprint density at radius 3 is 2.78 bits per heavy atom. The van der Waals surface area contributed by atoms with Gasteiger partial charge in [-0.25, -0.2) is 0 Å². The Morgan fingerprint density at radius 1 is 1.56 bits per heavy atom. The minimum absolute atomic E-state index is 0.0285. The first kappa shape index (κ1) is 13.1.